The Morgan fingerprint density at radius 2 is 2.00 bits per heavy atom. The molecular weight excluding hydrogens is 192 g/mol. The van der Waals surface area contributed by atoms with Gasteiger partial charge >= 0.3 is 5.97 Å². The van der Waals surface area contributed by atoms with E-state index in [1.54, 1.807) is 6.07 Å². The largest absolute Gasteiger partial charge is 0.496 e. The number of hydrogen-bond donors (Lipinski definition) is 1. The summed E-state index contributed by atoms with van der Waals surface area (Å²) in [6.07, 6.45) is 0. The van der Waals surface area contributed by atoms with Crippen molar-refractivity contribution in [3.05, 3.63) is 42.0 Å². The first-order valence-corrected chi connectivity index (χ1v) is 4.52. The lowest BCUT2D eigenvalue weighted by atomic mass is 10.1. The highest BCUT2D eigenvalue weighted by Gasteiger charge is 2.08. The second kappa shape index (κ2) is 3.61. The molecule has 3 nitrogen and oxygen atoms in total. The average Bonchev–Trinajstić information content (AvgIpc) is 2.27. The molecule has 0 aliphatic carbocycles. The van der Waals surface area contributed by atoms with Crippen LogP contribution in [0, 0.1) is 0 Å². The number of aromatic carboxylic acids is 1. The summed E-state index contributed by atoms with van der Waals surface area (Å²) in [5, 5.41) is 10.7. The Bertz CT molecular complexity index is 517. The third-order valence-electron chi connectivity index (χ3n) is 2.29. The Hall–Kier alpha value is -2.03. The van der Waals surface area contributed by atoms with E-state index >= 15 is 0 Å². The summed E-state index contributed by atoms with van der Waals surface area (Å²) in [5.41, 5.74) is 0.241. The van der Waals surface area contributed by atoms with Crippen molar-refractivity contribution < 1.29 is 14.6 Å². The summed E-state index contributed by atoms with van der Waals surface area (Å²) in [6.45, 7) is 0. The molecule has 0 fully saturated rings. The topological polar surface area (TPSA) is 46.5 Å². The van der Waals surface area contributed by atoms with Crippen molar-refractivity contribution in [2.75, 3.05) is 7.11 Å². The molecule has 0 aliphatic rings. The molecule has 0 saturated carbocycles. The fourth-order valence-corrected chi connectivity index (χ4v) is 1.57. The number of carboxylic acid groups (broad SMARTS) is 1. The number of ether oxygens (including phenoxy) is 1. The van der Waals surface area contributed by atoms with Gasteiger partial charge in [0.2, 0.25) is 0 Å². The number of fused-ring (bicyclic) bond motifs is 1. The Morgan fingerprint density at radius 1 is 1.27 bits per heavy atom. The Kier molecular flexibility index (Phi) is 2.29. The second-order valence-corrected chi connectivity index (χ2v) is 3.20. The smallest absolute Gasteiger partial charge is 0.335 e. The molecule has 0 bridgehead atoms. The predicted molar refractivity (Wildman–Crippen MR) is 57.5 cm³/mol. The maximum Gasteiger partial charge on any atom is 0.335 e. The van der Waals surface area contributed by atoms with Gasteiger partial charge in [0.1, 0.15) is 5.75 Å². The van der Waals surface area contributed by atoms with Gasteiger partial charge < -0.3 is 9.84 Å². The molecule has 0 spiro atoms. The molecule has 0 aromatic heterocycles. The summed E-state index contributed by atoms with van der Waals surface area (Å²) in [5.74, 6) is -0.357. The number of rotatable bonds is 2. The maximum atomic E-state index is 10.9. The molecule has 1 N–H and O–H groups in total. The van der Waals surface area contributed by atoms with Crippen molar-refractivity contribution in [1.29, 1.82) is 0 Å². The van der Waals surface area contributed by atoms with E-state index in [1.165, 1.54) is 13.2 Å². The summed E-state index contributed by atoms with van der Waals surface area (Å²) in [6, 6.07) is 10.7. The van der Waals surface area contributed by atoms with Gasteiger partial charge in [-0.2, -0.15) is 0 Å². The number of benzene rings is 2. The second-order valence-electron chi connectivity index (χ2n) is 3.20. The van der Waals surface area contributed by atoms with Crippen LogP contribution in [-0.2, 0) is 0 Å². The first kappa shape index (κ1) is 9.52. The third-order valence-corrected chi connectivity index (χ3v) is 2.29. The fourth-order valence-electron chi connectivity index (χ4n) is 1.57. The number of carboxylic acids is 1. The molecule has 0 heterocycles. The van der Waals surface area contributed by atoms with Crippen molar-refractivity contribution in [3.8, 4) is 5.75 Å². The molecule has 76 valence electrons. The van der Waals surface area contributed by atoms with Crippen LogP contribution in [0.5, 0.6) is 5.75 Å². The minimum absolute atomic E-state index is 0.241. The third kappa shape index (κ3) is 1.64. The van der Waals surface area contributed by atoms with Gasteiger partial charge in [-0.05, 0) is 17.5 Å². The SMILES string of the molecule is COc1cc(C(=O)O)cc2ccccc12. The quantitative estimate of drug-likeness (QED) is 0.814. The minimum Gasteiger partial charge on any atom is -0.496 e. The Balaban J connectivity index is 2.77. The molecule has 0 amide bonds. The molecule has 0 saturated heterocycles. The molecule has 0 aliphatic heterocycles. The van der Waals surface area contributed by atoms with Crippen LogP contribution in [0.4, 0.5) is 0 Å². The molecule has 0 radical (unpaired) electrons. The predicted octanol–water partition coefficient (Wildman–Crippen LogP) is 2.55. The van der Waals surface area contributed by atoms with Crippen LogP contribution in [-0.4, -0.2) is 18.2 Å². The van der Waals surface area contributed by atoms with E-state index in [2.05, 4.69) is 0 Å². The van der Waals surface area contributed by atoms with E-state index in [-0.39, 0.29) is 5.56 Å². The lowest BCUT2D eigenvalue weighted by Crippen LogP contribution is -1.97. The van der Waals surface area contributed by atoms with Crippen molar-refractivity contribution in [3.63, 3.8) is 0 Å². The first-order chi connectivity index (χ1) is 7.22. The number of carbonyl (C=O) groups is 1. The van der Waals surface area contributed by atoms with Crippen LogP contribution >= 0.6 is 0 Å². The summed E-state index contributed by atoms with van der Waals surface area (Å²) >= 11 is 0. The molecule has 2 aromatic carbocycles. The summed E-state index contributed by atoms with van der Waals surface area (Å²) in [7, 11) is 1.54. The number of methoxy groups -OCH3 is 1. The molecule has 2 aromatic rings. The average molecular weight is 202 g/mol. The van der Waals surface area contributed by atoms with Gasteiger partial charge in [-0.1, -0.05) is 24.3 Å². The van der Waals surface area contributed by atoms with Crippen molar-refractivity contribution >= 4 is 16.7 Å². The summed E-state index contributed by atoms with van der Waals surface area (Å²) < 4.78 is 5.15. The normalized spacial score (nSPS) is 10.2. The highest BCUT2D eigenvalue weighted by atomic mass is 16.5. The lowest BCUT2D eigenvalue weighted by molar-refractivity contribution is 0.0696. The monoisotopic (exact) mass is 202 g/mol. The zero-order valence-corrected chi connectivity index (χ0v) is 8.23. The van der Waals surface area contributed by atoms with Crippen LogP contribution in [0.3, 0.4) is 0 Å². The molecular formula is C12H10O3. The van der Waals surface area contributed by atoms with Gasteiger partial charge in [-0.25, -0.2) is 4.79 Å². The molecule has 0 unspecified atom stereocenters. The van der Waals surface area contributed by atoms with Gasteiger partial charge in [-0.3, -0.25) is 0 Å². The van der Waals surface area contributed by atoms with Crippen LogP contribution in [0.1, 0.15) is 10.4 Å². The van der Waals surface area contributed by atoms with E-state index < -0.39 is 5.97 Å². The standard InChI is InChI=1S/C12H10O3/c1-15-11-7-9(12(13)14)6-8-4-2-3-5-10(8)11/h2-7H,1H3,(H,13,14). The van der Waals surface area contributed by atoms with Crippen molar-refractivity contribution in [1.82, 2.24) is 0 Å². The molecule has 15 heavy (non-hydrogen) atoms. The van der Waals surface area contributed by atoms with Crippen LogP contribution in [0.25, 0.3) is 10.8 Å². The number of hydrogen-bond acceptors (Lipinski definition) is 2. The van der Waals surface area contributed by atoms with E-state index in [0.29, 0.717) is 5.75 Å². The van der Waals surface area contributed by atoms with Crippen molar-refractivity contribution in [2.24, 2.45) is 0 Å². The molecule has 2 rings (SSSR count). The maximum absolute atomic E-state index is 10.9. The van der Waals surface area contributed by atoms with Crippen LogP contribution < -0.4 is 4.74 Å². The first-order valence-electron chi connectivity index (χ1n) is 4.52. The van der Waals surface area contributed by atoms with Gasteiger partial charge in [0.15, 0.2) is 0 Å². The fraction of sp³-hybridized carbons (Fsp3) is 0.0833. The van der Waals surface area contributed by atoms with Crippen molar-refractivity contribution in [2.45, 2.75) is 0 Å². The van der Waals surface area contributed by atoms with Crippen LogP contribution in [0.2, 0.25) is 0 Å². The zero-order valence-electron chi connectivity index (χ0n) is 8.23. The van der Waals surface area contributed by atoms with E-state index in [4.69, 9.17) is 9.84 Å². The molecule has 0 atom stereocenters. The van der Waals surface area contributed by atoms with Gasteiger partial charge in [-0.15, -0.1) is 0 Å². The van der Waals surface area contributed by atoms with Crippen LogP contribution in [0.15, 0.2) is 36.4 Å². The lowest BCUT2D eigenvalue weighted by Gasteiger charge is -2.06. The van der Waals surface area contributed by atoms with E-state index in [9.17, 15) is 4.79 Å². The highest BCUT2D eigenvalue weighted by molar-refractivity contribution is 5.97. The Labute approximate surface area is 86.9 Å². The van der Waals surface area contributed by atoms with Gasteiger partial charge in [0.25, 0.3) is 0 Å². The van der Waals surface area contributed by atoms with E-state index in [1.807, 2.05) is 24.3 Å². The highest BCUT2D eigenvalue weighted by Crippen LogP contribution is 2.27. The summed E-state index contributed by atoms with van der Waals surface area (Å²) in [4.78, 5) is 10.9. The molecule has 3 heteroatoms. The van der Waals surface area contributed by atoms with E-state index in [0.717, 1.165) is 10.8 Å². The Morgan fingerprint density at radius 3 is 2.67 bits per heavy atom. The minimum atomic E-state index is -0.945. The van der Waals surface area contributed by atoms with Gasteiger partial charge in [0.05, 0.1) is 12.7 Å². The zero-order chi connectivity index (χ0) is 10.8. The van der Waals surface area contributed by atoms with Gasteiger partial charge in [0, 0.05) is 5.39 Å².